The molecule has 0 bridgehead atoms. The molecule has 4 heteroatoms. The van der Waals surface area contributed by atoms with Gasteiger partial charge >= 0.3 is 0 Å². The van der Waals surface area contributed by atoms with Gasteiger partial charge in [0.15, 0.2) is 0 Å². The number of halogens is 1. The number of carbonyl (C=O) groups excluding carboxylic acids is 1. The second kappa shape index (κ2) is 9.16. The van der Waals surface area contributed by atoms with Gasteiger partial charge in [-0.15, -0.1) is 12.4 Å². The predicted molar refractivity (Wildman–Crippen MR) is 94.7 cm³/mol. The van der Waals surface area contributed by atoms with Crippen molar-refractivity contribution in [3.05, 3.63) is 35.4 Å². The summed E-state index contributed by atoms with van der Waals surface area (Å²) in [5, 5.41) is 3.21. The van der Waals surface area contributed by atoms with E-state index < -0.39 is 0 Å². The summed E-state index contributed by atoms with van der Waals surface area (Å²) in [7, 11) is 1.98. The second-order valence-corrected chi connectivity index (χ2v) is 6.27. The number of likely N-dealkylation sites (tertiary alicyclic amines) is 1. The number of amides is 1. The zero-order valence-corrected chi connectivity index (χ0v) is 14.8. The third-order valence-corrected chi connectivity index (χ3v) is 4.59. The predicted octanol–water partition coefficient (Wildman–Crippen LogP) is 3.37. The SMILES string of the molecule is CCC(CC(=O)N1CCC(CNC)C1)c1ccc(C)cc1.Cl. The van der Waals surface area contributed by atoms with Gasteiger partial charge < -0.3 is 10.2 Å². The van der Waals surface area contributed by atoms with Gasteiger partial charge in [0.25, 0.3) is 0 Å². The summed E-state index contributed by atoms with van der Waals surface area (Å²) in [5.74, 6) is 1.29. The number of nitrogens with one attached hydrogen (secondary N) is 1. The number of hydrogen-bond donors (Lipinski definition) is 1. The van der Waals surface area contributed by atoms with E-state index in [2.05, 4.69) is 48.3 Å². The molecule has 1 aromatic carbocycles. The number of rotatable bonds is 6. The monoisotopic (exact) mass is 324 g/mol. The molecule has 2 rings (SSSR count). The number of hydrogen-bond acceptors (Lipinski definition) is 2. The van der Waals surface area contributed by atoms with E-state index in [9.17, 15) is 4.79 Å². The number of carbonyl (C=O) groups is 1. The Morgan fingerprint density at radius 1 is 1.36 bits per heavy atom. The first kappa shape index (κ1) is 19.0. The highest BCUT2D eigenvalue weighted by molar-refractivity contribution is 5.85. The van der Waals surface area contributed by atoms with E-state index >= 15 is 0 Å². The Balaban J connectivity index is 0.00000242. The van der Waals surface area contributed by atoms with E-state index in [0.717, 1.165) is 32.5 Å². The molecule has 0 saturated carbocycles. The molecule has 0 radical (unpaired) electrons. The van der Waals surface area contributed by atoms with Crippen LogP contribution in [0.2, 0.25) is 0 Å². The largest absolute Gasteiger partial charge is 0.342 e. The Labute approximate surface area is 140 Å². The molecule has 1 heterocycles. The molecule has 3 nitrogen and oxygen atoms in total. The van der Waals surface area contributed by atoms with Crippen LogP contribution in [0, 0.1) is 12.8 Å². The lowest BCUT2D eigenvalue weighted by molar-refractivity contribution is -0.130. The second-order valence-electron chi connectivity index (χ2n) is 6.27. The maximum absolute atomic E-state index is 12.5. The topological polar surface area (TPSA) is 32.3 Å². The van der Waals surface area contributed by atoms with Crippen LogP contribution >= 0.6 is 12.4 Å². The first-order chi connectivity index (χ1) is 10.1. The molecule has 1 aliphatic heterocycles. The van der Waals surface area contributed by atoms with E-state index in [1.54, 1.807) is 0 Å². The minimum atomic E-state index is 0. The molecule has 1 saturated heterocycles. The van der Waals surface area contributed by atoms with Crippen molar-refractivity contribution in [2.75, 3.05) is 26.7 Å². The molecular weight excluding hydrogens is 296 g/mol. The maximum atomic E-state index is 12.5. The Hall–Kier alpha value is -1.06. The summed E-state index contributed by atoms with van der Waals surface area (Å²) >= 11 is 0. The third kappa shape index (κ3) is 4.99. The van der Waals surface area contributed by atoms with Crippen molar-refractivity contribution in [1.29, 1.82) is 0 Å². The highest BCUT2D eigenvalue weighted by Crippen LogP contribution is 2.26. The van der Waals surface area contributed by atoms with Crippen LogP contribution in [0.15, 0.2) is 24.3 Å². The van der Waals surface area contributed by atoms with E-state index in [0.29, 0.717) is 24.2 Å². The fraction of sp³-hybridized carbons (Fsp3) is 0.611. The first-order valence-electron chi connectivity index (χ1n) is 8.13. The van der Waals surface area contributed by atoms with Gasteiger partial charge in [-0.25, -0.2) is 0 Å². The summed E-state index contributed by atoms with van der Waals surface area (Å²) in [6.07, 6.45) is 2.79. The molecule has 0 spiro atoms. The van der Waals surface area contributed by atoms with Gasteiger partial charge in [0.05, 0.1) is 0 Å². The summed E-state index contributed by atoms with van der Waals surface area (Å²) in [6, 6.07) is 8.62. The standard InChI is InChI=1S/C18H28N2O.ClH/c1-4-16(17-7-5-14(2)6-8-17)11-18(21)20-10-9-15(13-20)12-19-3;/h5-8,15-16,19H,4,9-13H2,1-3H3;1H. The van der Waals surface area contributed by atoms with Crippen LogP contribution in [0.5, 0.6) is 0 Å². The van der Waals surface area contributed by atoms with Crippen molar-refractivity contribution < 1.29 is 4.79 Å². The minimum absolute atomic E-state index is 0. The normalized spacial score (nSPS) is 18.9. The van der Waals surface area contributed by atoms with Crippen LogP contribution in [0.3, 0.4) is 0 Å². The average Bonchev–Trinajstić information content (AvgIpc) is 2.95. The molecule has 2 unspecified atom stereocenters. The van der Waals surface area contributed by atoms with Crippen molar-refractivity contribution in [2.24, 2.45) is 5.92 Å². The van der Waals surface area contributed by atoms with Crippen LogP contribution in [-0.2, 0) is 4.79 Å². The molecule has 22 heavy (non-hydrogen) atoms. The Morgan fingerprint density at radius 2 is 2.05 bits per heavy atom. The molecule has 1 aromatic rings. The minimum Gasteiger partial charge on any atom is -0.342 e. The summed E-state index contributed by atoms with van der Waals surface area (Å²) < 4.78 is 0. The summed E-state index contributed by atoms with van der Waals surface area (Å²) in [5.41, 5.74) is 2.57. The van der Waals surface area contributed by atoms with E-state index in [1.165, 1.54) is 11.1 Å². The van der Waals surface area contributed by atoms with Crippen molar-refractivity contribution in [2.45, 2.75) is 39.0 Å². The Kier molecular flexibility index (Phi) is 7.91. The average molecular weight is 325 g/mol. The molecule has 1 N–H and O–H groups in total. The highest BCUT2D eigenvalue weighted by atomic mass is 35.5. The van der Waals surface area contributed by atoms with Gasteiger partial charge in [-0.2, -0.15) is 0 Å². The van der Waals surface area contributed by atoms with Crippen molar-refractivity contribution in [3.63, 3.8) is 0 Å². The molecule has 1 aliphatic rings. The van der Waals surface area contributed by atoms with Gasteiger partial charge in [0.2, 0.25) is 5.91 Å². The zero-order valence-electron chi connectivity index (χ0n) is 14.0. The lowest BCUT2D eigenvalue weighted by Gasteiger charge is -2.21. The first-order valence-corrected chi connectivity index (χ1v) is 8.13. The fourth-order valence-corrected chi connectivity index (χ4v) is 3.19. The van der Waals surface area contributed by atoms with E-state index in [4.69, 9.17) is 0 Å². The number of benzene rings is 1. The Morgan fingerprint density at radius 3 is 2.64 bits per heavy atom. The van der Waals surface area contributed by atoms with Crippen LogP contribution in [0.4, 0.5) is 0 Å². The highest BCUT2D eigenvalue weighted by Gasteiger charge is 2.27. The summed E-state index contributed by atoms with van der Waals surface area (Å²) in [4.78, 5) is 14.6. The van der Waals surface area contributed by atoms with Gasteiger partial charge in [-0.3, -0.25) is 4.79 Å². The lowest BCUT2D eigenvalue weighted by atomic mass is 9.92. The lowest BCUT2D eigenvalue weighted by Crippen LogP contribution is -2.31. The fourth-order valence-electron chi connectivity index (χ4n) is 3.19. The van der Waals surface area contributed by atoms with Gasteiger partial charge in [-0.1, -0.05) is 36.8 Å². The zero-order chi connectivity index (χ0) is 15.2. The molecule has 124 valence electrons. The molecule has 1 amide bonds. The van der Waals surface area contributed by atoms with E-state index in [-0.39, 0.29) is 12.4 Å². The number of nitrogens with zero attached hydrogens (tertiary/aromatic N) is 1. The quantitative estimate of drug-likeness (QED) is 0.870. The van der Waals surface area contributed by atoms with Crippen molar-refractivity contribution >= 4 is 18.3 Å². The van der Waals surface area contributed by atoms with E-state index in [1.807, 2.05) is 7.05 Å². The molecule has 0 aromatic heterocycles. The van der Waals surface area contributed by atoms with Gasteiger partial charge in [-0.05, 0) is 50.8 Å². The number of aryl methyl sites for hydroxylation is 1. The molecular formula is C18H29ClN2O. The maximum Gasteiger partial charge on any atom is 0.223 e. The van der Waals surface area contributed by atoms with Crippen LogP contribution < -0.4 is 5.32 Å². The van der Waals surface area contributed by atoms with Crippen LogP contribution in [0.25, 0.3) is 0 Å². The van der Waals surface area contributed by atoms with Crippen LogP contribution in [0.1, 0.15) is 43.2 Å². The Bertz CT molecular complexity index is 461. The smallest absolute Gasteiger partial charge is 0.223 e. The van der Waals surface area contributed by atoms with Crippen LogP contribution in [-0.4, -0.2) is 37.5 Å². The summed E-state index contributed by atoms with van der Waals surface area (Å²) in [6.45, 7) is 7.13. The third-order valence-electron chi connectivity index (χ3n) is 4.59. The van der Waals surface area contributed by atoms with Gasteiger partial charge in [0.1, 0.15) is 0 Å². The molecule has 1 fully saturated rings. The molecule has 0 aliphatic carbocycles. The van der Waals surface area contributed by atoms with Crippen molar-refractivity contribution in [3.8, 4) is 0 Å². The van der Waals surface area contributed by atoms with Crippen molar-refractivity contribution in [1.82, 2.24) is 10.2 Å². The molecule has 2 atom stereocenters. The van der Waals surface area contributed by atoms with Gasteiger partial charge in [0, 0.05) is 19.5 Å².